The Morgan fingerprint density at radius 3 is 2.89 bits per heavy atom. The lowest BCUT2D eigenvalue weighted by atomic mass is 10.2. The van der Waals surface area contributed by atoms with Gasteiger partial charge in [0.15, 0.2) is 0 Å². The van der Waals surface area contributed by atoms with Crippen LogP contribution < -0.4 is 10.3 Å². The summed E-state index contributed by atoms with van der Waals surface area (Å²) in [4.78, 5) is 14.7. The molecule has 1 aliphatic heterocycles. The Balaban J connectivity index is 1.95. The molecule has 0 bridgehead atoms. The van der Waals surface area contributed by atoms with Crippen LogP contribution in [0.15, 0.2) is 16.3 Å². The predicted octanol–water partition coefficient (Wildman–Crippen LogP) is 0.799. The third-order valence-electron chi connectivity index (χ3n) is 2.78. The number of aryl methyl sites for hydroxylation is 1. The van der Waals surface area contributed by atoms with E-state index in [0.29, 0.717) is 13.0 Å². The molecule has 2 N–H and O–H groups in total. The fourth-order valence-corrected chi connectivity index (χ4v) is 3.87. The minimum atomic E-state index is -3.69. The standard InChI is InChI=1S/C11H16N2O4S2/c1-2-8-5-6-10(18-8)19(15,16)13-12-11(14)9-4-3-7-17-9/h5-6,9,13H,2-4,7H2,1H3,(H,12,14). The van der Waals surface area contributed by atoms with E-state index >= 15 is 0 Å². The van der Waals surface area contributed by atoms with Crippen LogP contribution in [0.2, 0.25) is 0 Å². The van der Waals surface area contributed by atoms with Gasteiger partial charge in [-0.15, -0.1) is 16.2 Å². The van der Waals surface area contributed by atoms with E-state index in [2.05, 4.69) is 10.3 Å². The Bertz CT molecular complexity index is 547. The summed E-state index contributed by atoms with van der Waals surface area (Å²) in [6.07, 6.45) is 1.65. The van der Waals surface area contributed by atoms with Crippen molar-refractivity contribution in [3.8, 4) is 0 Å². The lowest BCUT2D eigenvalue weighted by molar-refractivity contribution is -0.130. The second-order valence-corrected chi connectivity index (χ2v) is 7.25. The lowest BCUT2D eigenvalue weighted by Gasteiger charge is -2.10. The Hall–Kier alpha value is -0.960. The maximum atomic E-state index is 11.9. The Labute approximate surface area is 116 Å². The molecule has 1 amide bonds. The molecular formula is C11H16N2O4S2. The topological polar surface area (TPSA) is 84.5 Å². The molecular weight excluding hydrogens is 288 g/mol. The summed E-state index contributed by atoms with van der Waals surface area (Å²) in [5, 5.41) is 0. The predicted molar refractivity (Wildman–Crippen MR) is 71.1 cm³/mol. The van der Waals surface area contributed by atoms with Gasteiger partial charge in [0.25, 0.3) is 15.9 Å². The van der Waals surface area contributed by atoms with Crippen molar-refractivity contribution in [3.05, 3.63) is 17.0 Å². The summed E-state index contributed by atoms with van der Waals surface area (Å²) >= 11 is 1.19. The van der Waals surface area contributed by atoms with Crippen LogP contribution in [0.4, 0.5) is 0 Å². The molecule has 8 heteroatoms. The van der Waals surface area contributed by atoms with Crippen LogP contribution in [0.5, 0.6) is 0 Å². The first kappa shape index (κ1) is 14.4. The molecule has 1 aromatic rings. The van der Waals surface area contributed by atoms with Crippen molar-refractivity contribution in [2.24, 2.45) is 0 Å². The average molecular weight is 304 g/mol. The molecule has 1 fully saturated rings. The maximum Gasteiger partial charge on any atom is 0.266 e. The fourth-order valence-electron chi connectivity index (χ4n) is 1.73. The Morgan fingerprint density at radius 2 is 2.32 bits per heavy atom. The van der Waals surface area contributed by atoms with E-state index in [0.717, 1.165) is 17.7 Å². The van der Waals surface area contributed by atoms with Crippen LogP contribution in [-0.4, -0.2) is 27.0 Å². The van der Waals surface area contributed by atoms with Crippen molar-refractivity contribution >= 4 is 27.3 Å². The second kappa shape index (κ2) is 6.00. The van der Waals surface area contributed by atoms with Gasteiger partial charge in [0.1, 0.15) is 10.3 Å². The van der Waals surface area contributed by atoms with Crippen LogP contribution in [0, 0.1) is 0 Å². The zero-order valence-corrected chi connectivity index (χ0v) is 12.1. The van der Waals surface area contributed by atoms with Crippen LogP contribution >= 0.6 is 11.3 Å². The Morgan fingerprint density at radius 1 is 1.53 bits per heavy atom. The summed E-state index contributed by atoms with van der Waals surface area (Å²) in [5.41, 5.74) is 2.20. The van der Waals surface area contributed by atoms with Crippen molar-refractivity contribution in [2.45, 2.75) is 36.5 Å². The molecule has 1 atom stereocenters. The van der Waals surface area contributed by atoms with Gasteiger partial charge in [-0.3, -0.25) is 10.2 Å². The van der Waals surface area contributed by atoms with Crippen LogP contribution in [0.1, 0.15) is 24.6 Å². The van der Waals surface area contributed by atoms with Crippen molar-refractivity contribution in [2.75, 3.05) is 6.61 Å². The average Bonchev–Trinajstić information content (AvgIpc) is 3.06. The van der Waals surface area contributed by atoms with Crippen molar-refractivity contribution in [1.82, 2.24) is 10.3 Å². The van der Waals surface area contributed by atoms with Gasteiger partial charge < -0.3 is 4.74 Å². The minimum absolute atomic E-state index is 0.192. The SMILES string of the molecule is CCc1ccc(S(=O)(=O)NNC(=O)C2CCCO2)s1. The number of sulfonamides is 1. The molecule has 0 aliphatic carbocycles. The van der Waals surface area contributed by atoms with Gasteiger partial charge in [-0.2, -0.15) is 0 Å². The molecule has 2 rings (SSSR count). The van der Waals surface area contributed by atoms with Gasteiger partial charge in [0, 0.05) is 11.5 Å². The molecule has 0 spiro atoms. The number of rotatable bonds is 5. The quantitative estimate of drug-likeness (QED) is 0.788. The third-order valence-corrected chi connectivity index (χ3v) is 5.75. The number of ether oxygens (including phenoxy) is 1. The number of carbonyl (C=O) groups excluding carboxylic acids is 1. The zero-order chi connectivity index (χ0) is 13.9. The molecule has 1 saturated heterocycles. The van der Waals surface area contributed by atoms with Crippen LogP contribution in [0.3, 0.4) is 0 Å². The number of hydrogen-bond donors (Lipinski definition) is 2. The molecule has 1 unspecified atom stereocenters. The number of nitrogens with one attached hydrogen (secondary N) is 2. The zero-order valence-electron chi connectivity index (χ0n) is 10.5. The highest BCUT2D eigenvalue weighted by atomic mass is 32.2. The highest BCUT2D eigenvalue weighted by Gasteiger charge is 2.25. The van der Waals surface area contributed by atoms with E-state index in [1.807, 2.05) is 6.92 Å². The highest BCUT2D eigenvalue weighted by Crippen LogP contribution is 2.21. The van der Waals surface area contributed by atoms with E-state index in [9.17, 15) is 13.2 Å². The van der Waals surface area contributed by atoms with Gasteiger partial charge in [-0.1, -0.05) is 6.92 Å². The normalized spacial score (nSPS) is 19.5. The summed E-state index contributed by atoms with van der Waals surface area (Å²) in [6.45, 7) is 2.49. The molecule has 106 valence electrons. The molecule has 6 nitrogen and oxygen atoms in total. The van der Waals surface area contributed by atoms with Crippen molar-refractivity contribution in [3.63, 3.8) is 0 Å². The number of hydrogen-bond acceptors (Lipinski definition) is 5. The lowest BCUT2D eigenvalue weighted by Crippen LogP contribution is -2.45. The molecule has 0 radical (unpaired) electrons. The fraction of sp³-hybridized carbons (Fsp3) is 0.545. The molecule has 1 aromatic heterocycles. The molecule has 19 heavy (non-hydrogen) atoms. The van der Waals surface area contributed by atoms with Gasteiger partial charge in [-0.05, 0) is 31.4 Å². The first-order valence-electron chi connectivity index (χ1n) is 6.05. The molecule has 0 aromatic carbocycles. The summed E-state index contributed by atoms with van der Waals surface area (Å²) in [5.74, 6) is -0.451. The van der Waals surface area contributed by atoms with Gasteiger partial charge in [0.2, 0.25) is 0 Å². The van der Waals surface area contributed by atoms with E-state index in [1.54, 1.807) is 6.07 Å². The van der Waals surface area contributed by atoms with Crippen LogP contribution in [0.25, 0.3) is 0 Å². The van der Waals surface area contributed by atoms with Gasteiger partial charge >= 0.3 is 0 Å². The monoisotopic (exact) mass is 304 g/mol. The van der Waals surface area contributed by atoms with Gasteiger partial charge in [0.05, 0.1) is 0 Å². The largest absolute Gasteiger partial charge is 0.368 e. The molecule has 2 heterocycles. The van der Waals surface area contributed by atoms with E-state index < -0.39 is 22.0 Å². The smallest absolute Gasteiger partial charge is 0.266 e. The van der Waals surface area contributed by atoms with Gasteiger partial charge in [-0.25, -0.2) is 8.42 Å². The number of thiophene rings is 1. The third kappa shape index (κ3) is 3.53. The van der Waals surface area contributed by atoms with E-state index in [1.165, 1.54) is 17.4 Å². The minimum Gasteiger partial charge on any atom is -0.368 e. The Kier molecular flexibility index (Phi) is 4.56. The maximum absolute atomic E-state index is 11.9. The first-order valence-corrected chi connectivity index (χ1v) is 8.35. The van der Waals surface area contributed by atoms with Crippen molar-refractivity contribution < 1.29 is 17.9 Å². The van der Waals surface area contributed by atoms with E-state index in [4.69, 9.17) is 4.74 Å². The van der Waals surface area contributed by atoms with Crippen LogP contribution in [-0.2, 0) is 26.0 Å². The summed E-state index contributed by atoms with van der Waals surface area (Å²) < 4.78 is 29.2. The van der Waals surface area contributed by atoms with E-state index in [-0.39, 0.29) is 4.21 Å². The first-order chi connectivity index (χ1) is 9.03. The number of carbonyl (C=O) groups is 1. The second-order valence-electron chi connectivity index (χ2n) is 4.17. The number of hydrazine groups is 1. The summed E-state index contributed by atoms with van der Waals surface area (Å²) in [7, 11) is -3.69. The number of amides is 1. The highest BCUT2D eigenvalue weighted by molar-refractivity contribution is 7.91. The summed E-state index contributed by atoms with van der Waals surface area (Å²) in [6, 6.07) is 3.30. The van der Waals surface area contributed by atoms with Crippen molar-refractivity contribution in [1.29, 1.82) is 0 Å². The molecule has 0 saturated carbocycles. The molecule has 1 aliphatic rings.